The van der Waals surface area contributed by atoms with Crippen molar-refractivity contribution in [1.29, 1.82) is 0 Å². The summed E-state index contributed by atoms with van der Waals surface area (Å²) in [6.45, 7) is 2.07. The summed E-state index contributed by atoms with van der Waals surface area (Å²) < 4.78 is 0.991. The number of hydrogen-bond acceptors (Lipinski definition) is 3. The number of halogens is 2. The molecule has 0 aliphatic rings. The quantitative estimate of drug-likeness (QED) is 0.658. The van der Waals surface area contributed by atoms with Crippen molar-refractivity contribution in [3.05, 3.63) is 55.1 Å². The van der Waals surface area contributed by atoms with Crippen molar-refractivity contribution < 1.29 is 0 Å². The van der Waals surface area contributed by atoms with Gasteiger partial charge in [0.15, 0.2) is 0 Å². The maximum absolute atomic E-state index is 6.21. The molecule has 0 fully saturated rings. The van der Waals surface area contributed by atoms with Crippen molar-refractivity contribution in [2.24, 2.45) is 5.84 Å². The van der Waals surface area contributed by atoms with Gasteiger partial charge in [-0.05, 0) is 42.8 Å². The van der Waals surface area contributed by atoms with E-state index in [1.54, 1.807) is 11.3 Å². The fourth-order valence-corrected chi connectivity index (χ4v) is 3.23. The van der Waals surface area contributed by atoms with E-state index in [9.17, 15) is 0 Å². The van der Waals surface area contributed by atoms with E-state index in [1.165, 1.54) is 4.88 Å². The third-order valence-corrected chi connectivity index (χ3v) is 4.38. The van der Waals surface area contributed by atoms with Crippen molar-refractivity contribution in [2.45, 2.75) is 13.0 Å². The van der Waals surface area contributed by atoms with Crippen molar-refractivity contribution >= 4 is 38.9 Å². The molecule has 1 aromatic carbocycles. The summed E-state index contributed by atoms with van der Waals surface area (Å²) in [7, 11) is 0. The second-order valence-electron chi connectivity index (χ2n) is 3.71. The lowest BCUT2D eigenvalue weighted by atomic mass is 10.1. The van der Waals surface area contributed by atoms with Gasteiger partial charge >= 0.3 is 0 Å². The third-order valence-electron chi connectivity index (χ3n) is 2.48. The SMILES string of the molecule is Cc1ccc(C(NN)c2cc(Br)ccc2Cl)s1. The molecule has 0 aliphatic carbocycles. The first-order chi connectivity index (χ1) is 8.11. The third kappa shape index (κ3) is 2.89. The highest BCUT2D eigenvalue weighted by atomic mass is 79.9. The predicted molar refractivity (Wildman–Crippen MR) is 77.4 cm³/mol. The number of nitrogens with two attached hydrogens (primary N) is 1. The molecule has 90 valence electrons. The summed E-state index contributed by atoms with van der Waals surface area (Å²) >= 11 is 11.4. The van der Waals surface area contributed by atoms with Crippen LogP contribution in [-0.4, -0.2) is 0 Å². The Labute approximate surface area is 118 Å². The number of aryl methyl sites for hydroxylation is 1. The molecule has 0 spiro atoms. The standard InChI is InChI=1S/C12H12BrClN2S/c1-7-2-5-11(17-7)12(16-15)9-6-8(13)3-4-10(9)14/h2-6,12,16H,15H2,1H3. The van der Waals surface area contributed by atoms with Crippen molar-refractivity contribution in [3.63, 3.8) is 0 Å². The largest absolute Gasteiger partial charge is 0.271 e. The minimum atomic E-state index is -0.0706. The summed E-state index contributed by atoms with van der Waals surface area (Å²) in [6, 6.07) is 9.85. The fourth-order valence-electron chi connectivity index (χ4n) is 1.67. The van der Waals surface area contributed by atoms with E-state index in [1.807, 2.05) is 18.2 Å². The van der Waals surface area contributed by atoms with Crippen LogP contribution in [0.3, 0.4) is 0 Å². The highest BCUT2D eigenvalue weighted by Gasteiger charge is 2.17. The summed E-state index contributed by atoms with van der Waals surface area (Å²) in [5, 5.41) is 0.710. The van der Waals surface area contributed by atoms with Gasteiger partial charge in [-0.25, -0.2) is 5.43 Å². The fraction of sp³-hybridized carbons (Fsp3) is 0.167. The summed E-state index contributed by atoms with van der Waals surface area (Å²) in [6.07, 6.45) is 0. The molecule has 17 heavy (non-hydrogen) atoms. The Kier molecular flexibility index (Phi) is 4.22. The molecule has 3 N–H and O–H groups in total. The second kappa shape index (κ2) is 5.50. The van der Waals surface area contributed by atoms with Crippen LogP contribution < -0.4 is 11.3 Å². The molecule has 2 aromatic rings. The number of rotatable bonds is 3. The Balaban J connectivity index is 2.45. The van der Waals surface area contributed by atoms with Crippen molar-refractivity contribution in [1.82, 2.24) is 5.43 Å². The minimum absolute atomic E-state index is 0.0706. The zero-order valence-corrected chi connectivity index (χ0v) is 12.4. The van der Waals surface area contributed by atoms with Crippen LogP contribution in [0.5, 0.6) is 0 Å². The van der Waals surface area contributed by atoms with Gasteiger partial charge in [0, 0.05) is 19.2 Å². The van der Waals surface area contributed by atoms with E-state index in [2.05, 4.69) is 40.4 Å². The maximum Gasteiger partial charge on any atom is 0.0817 e. The molecular formula is C12H12BrClN2S. The Bertz CT molecular complexity index is 527. The lowest BCUT2D eigenvalue weighted by molar-refractivity contribution is 0.646. The zero-order valence-electron chi connectivity index (χ0n) is 9.21. The van der Waals surface area contributed by atoms with E-state index >= 15 is 0 Å². The monoisotopic (exact) mass is 330 g/mol. The van der Waals surface area contributed by atoms with Crippen LogP contribution in [0.4, 0.5) is 0 Å². The lowest BCUT2D eigenvalue weighted by Gasteiger charge is -2.16. The van der Waals surface area contributed by atoms with Crippen LogP contribution in [-0.2, 0) is 0 Å². The first-order valence-corrected chi connectivity index (χ1v) is 7.08. The topological polar surface area (TPSA) is 38.0 Å². The molecule has 0 aliphatic heterocycles. The number of nitrogens with one attached hydrogen (secondary N) is 1. The second-order valence-corrected chi connectivity index (χ2v) is 6.36. The van der Waals surface area contributed by atoms with Crippen LogP contribution in [0.15, 0.2) is 34.8 Å². The molecule has 0 amide bonds. The van der Waals surface area contributed by atoms with Crippen LogP contribution in [0.1, 0.15) is 21.4 Å². The summed E-state index contributed by atoms with van der Waals surface area (Å²) in [5.41, 5.74) is 3.80. The molecule has 0 bridgehead atoms. The molecule has 0 saturated heterocycles. The smallest absolute Gasteiger partial charge is 0.0817 e. The molecule has 0 saturated carbocycles. The Morgan fingerprint density at radius 1 is 1.35 bits per heavy atom. The van der Waals surface area contributed by atoms with Gasteiger partial charge in [0.25, 0.3) is 0 Å². The lowest BCUT2D eigenvalue weighted by Crippen LogP contribution is -2.28. The van der Waals surface area contributed by atoms with Gasteiger partial charge in [0.05, 0.1) is 6.04 Å². The van der Waals surface area contributed by atoms with Crippen molar-refractivity contribution in [3.8, 4) is 0 Å². The van der Waals surface area contributed by atoms with Crippen LogP contribution >= 0.6 is 38.9 Å². The average molecular weight is 332 g/mol. The zero-order chi connectivity index (χ0) is 12.4. The predicted octanol–water partition coefficient (Wildman–Crippen LogP) is 4.03. The first-order valence-electron chi connectivity index (χ1n) is 5.09. The number of hydrazine groups is 1. The molecular weight excluding hydrogens is 320 g/mol. The van der Waals surface area contributed by atoms with E-state index in [0.29, 0.717) is 5.02 Å². The van der Waals surface area contributed by atoms with E-state index < -0.39 is 0 Å². The summed E-state index contributed by atoms with van der Waals surface area (Å²) in [5.74, 6) is 5.65. The molecule has 2 nitrogen and oxygen atoms in total. The van der Waals surface area contributed by atoms with Gasteiger partial charge in [-0.3, -0.25) is 5.84 Å². The Morgan fingerprint density at radius 3 is 2.71 bits per heavy atom. The molecule has 0 radical (unpaired) electrons. The Morgan fingerprint density at radius 2 is 2.12 bits per heavy atom. The molecule has 1 heterocycles. The maximum atomic E-state index is 6.21. The van der Waals surface area contributed by atoms with Gasteiger partial charge in [-0.15, -0.1) is 11.3 Å². The highest BCUT2D eigenvalue weighted by molar-refractivity contribution is 9.10. The first kappa shape index (κ1) is 13.1. The molecule has 1 atom stereocenters. The normalized spacial score (nSPS) is 12.7. The minimum Gasteiger partial charge on any atom is -0.271 e. The number of thiophene rings is 1. The highest BCUT2D eigenvalue weighted by Crippen LogP contribution is 2.33. The van der Waals surface area contributed by atoms with Crippen LogP contribution in [0.25, 0.3) is 0 Å². The van der Waals surface area contributed by atoms with Gasteiger partial charge < -0.3 is 0 Å². The van der Waals surface area contributed by atoms with Gasteiger partial charge in [0.1, 0.15) is 0 Å². The molecule has 5 heteroatoms. The number of hydrogen-bond donors (Lipinski definition) is 2. The van der Waals surface area contributed by atoms with E-state index in [0.717, 1.165) is 14.9 Å². The molecule has 1 aromatic heterocycles. The Hall–Kier alpha value is -0.390. The number of benzene rings is 1. The van der Waals surface area contributed by atoms with Crippen molar-refractivity contribution in [2.75, 3.05) is 0 Å². The van der Waals surface area contributed by atoms with Crippen LogP contribution in [0.2, 0.25) is 5.02 Å². The van der Waals surface area contributed by atoms with E-state index in [-0.39, 0.29) is 6.04 Å². The summed E-state index contributed by atoms with van der Waals surface area (Å²) in [4.78, 5) is 2.41. The van der Waals surface area contributed by atoms with Crippen LogP contribution in [0, 0.1) is 6.92 Å². The van der Waals surface area contributed by atoms with E-state index in [4.69, 9.17) is 17.4 Å². The molecule has 2 rings (SSSR count). The molecule has 1 unspecified atom stereocenters. The van der Waals surface area contributed by atoms with Gasteiger partial charge in [-0.2, -0.15) is 0 Å². The average Bonchev–Trinajstić information content (AvgIpc) is 2.71. The van der Waals surface area contributed by atoms with Gasteiger partial charge in [-0.1, -0.05) is 27.5 Å². The van der Waals surface area contributed by atoms with Gasteiger partial charge in [0.2, 0.25) is 0 Å².